The van der Waals surface area contributed by atoms with Crippen LogP contribution in [-0.4, -0.2) is 36.6 Å². The van der Waals surface area contributed by atoms with Crippen molar-refractivity contribution in [1.29, 1.82) is 5.26 Å². The summed E-state index contributed by atoms with van der Waals surface area (Å²) in [6.07, 6.45) is 2.46. The first-order valence-corrected chi connectivity index (χ1v) is 10.2. The van der Waals surface area contributed by atoms with Gasteiger partial charge in [-0.3, -0.25) is 4.90 Å². The SMILES string of the molecule is COc1ccc(-c2nc(C#N)c(NCC(c3cccs3)N3CCCC3)o2)cc1. The van der Waals surface area contributed by atoms with E-state index in [1.807, 2.05) is 24.3 Å². The molecule has 0 bridgehead atoms. The van der Waals surface area contributed by atoms with Gasteiger partial charge in [-0.05, 0) is 61.6 Å². The lowest BCUT2D eigenvalue weighted by Crippen LogP contribution is -2.30. The quantitative estimate of drug-likeness (QED) is 0.634. The van der Waals surface area contributed by atoms with Crippen molar-refractivity contribution in [3.63, 3.8) is 0 Å². The maximum atomic E-state index is 9.48. The van der Waals surface area contributed by atoms with E-state index in [0.717, 1.165) is 24.4 Å². The number of methoxy groups -OCH3 is 1. The number of ether oxygens (including phenoxy) is 1. The fourth-order valence-corrected chi connectivity index (χ4v) is 4.37. The van der Waals surface area contributed by atoms with Crippen molar-refractivity contribution in [2.24, 2.45) is 0 Å². The summed E-state index contributed by atoms with van der Waals surface area (Å²) in [5.41, 5.74) is 1.08. The van der Waals surface area contributed by atoms with Crippen LogP contribution in [0.4, 0.5) is 5.88 Å². The molecule has 1 saturated heterocycles. The van der Waals surface area contributed by atoms with Crippen molar-refractivity contribution in [2.75, 3.05) is 32.1 Å². The molecule has 1 N–H and O–H groups in total. The summed E-state index contributed by atoms with van der Waals surface area (Å²) in [4.78, 5) is 8.16. The largest absolute Gasteiger partial charge is 0.497 e. The molecular weight excluding hydrogens is 372 g/mol. The number of thiophene rings is 1. The molecule has 1 unspecified atom stereocenters. The molecule has 1 aliphatic heterocycles. The summed E-state index contributed by atoms with van der Waals surface area (Å²) in [6.45, 7) is 2.87. The highest BCUT2D eigenvalue weighted by atomic mass is 32.1. The van der Waals surface area contributed by atoms with Gasteiger partial charge < -0.3 is 14.5 Å². The average molecular weight is 395 g/mol. The molecule has 6 nitrogen and oxygen atoms in total. The molecule has 2 aromatic heterocycles. The Hall–Kier alpha value is -2.82. The van der Waals surface area contributed by atoms with E-state index >= 15 is 0 Å². The first kappa shape index (κ1) is 18.5. The van der Waals surface area contributed by atoms with E-state index in [1.165, 1.54) is 17.7 Å². The Balaban J connectivity index is 1.53. The molecule has 3 aromatic rings. The second-order valence-electron chi connectivity index (χ2n) is 6.69. The molecule has 28 heavy (non-hydrogen) atoms. The highest BCUT2D eigenvalue weighted by molar-refractivity contribution is 7.10. The Kier molecular flexibility index (Phi) is 5.60. The maximum Gasteiger partial charge on any atom is 0.232 e. The van der Waals surface area contributed by atoms with Gasteiger partial charge in [0.15, 0.2) is 0 Å². The second-order valence-corrected chi connectivity index (χ2v) is 7.67. The van der Waals surface area contributed by atoms with E-state index in [1.54, 1.807) is 18.4 Å². The Morgan fingerprint density at radius 2 is 2.07 bits per heavy atom. The van der Waals surface area contributed by atoms with Gasteiger partial charge in [-0.2, -0.15) is 10.2 Å². The van der Waals surface area contributed by atoms with Crippen LogP contribution in [0, 0.1) is 11.3 Å². The number of benzene rings is 1. The van der Waals surface area contributed by atoms with Gasteiger partial charge in [-0.15, -0.1) is 11.3 Å². The Labute approximate surface area is 168 Å². The van der Waals surface area contributed by atoms with Crippen LogP contribution in [0.3, 0.4) is 0 Å². The molecule has 1 atom stereocenters. The standard InChI is InChI=1S/C21H22N4O2S/c1-26-16-8-6-15(7-9-16)20-24-17(13-22)21(27-20)23-14-18(19-5-4-12-28-19)25-10-2-3-11-25/h4-9,12,18,23H,2-3,10-11,14H2,1H3. The number of rotatable bonds is 7. The molecule has 0 aliphatic carbocycles. The fraction of sp³-hybridized carbons (Fsp3) is 0.333. The second kappa shape index (κ2) is 8.46. The van der Waals surface area contributed by atoms with Gasteiger partial charge in [0.2, 0.25) is 17.5 Å². The monoisotopic (exact) mass is 394 g/mol. The number of likely N-dealkylation sites (tertiary alicyclic amines) is 1. The lowest BCUT2D eigenvalue weighted by atomic mass is 10.2. The first-order valence-electron chi connectivity index (χ1n) is 9.35. The van der Waals surface area contributed by atoms with Gasteiger partial charge >= 0.3 is 0 Å². The van der Waals surface area contributed by atoms with Crippen molar-refractivity contribution in [1.82, 2.24) is 9.88 Å². The van der Waals surface area contributed by atoms with Crippen LogP contribution in [0.25, 0.3) is 11.5 Å². The number of nitrogens with zero attached hydrogens (tertiary/aromatic N) is 3. The predicted molar refractivity (Wildman–Crippen MR) is 110 cm³/mol. The summed E-state index contributed by atoms with van der Waals surface area (Å²) in [5, 5.41) is 14.9. The van der Waals surface area contributed by atoms with Crippen LogP contribution in [0.5, 0.6) is 5.75 Å². The minimum atomic E-state index is 0.267. The van der Waals surface area contributed by atoms with E-state index < -0.39 is 0 Å². The van der Waals surface area contributed by atoms with E-state index in [0.29, 0.717) is 18.3 Å². The Morgan fingerprint density at radius 1 is 1.29 bits per heavy atom. The van der Waals surface area contributed by atoms with E-state index in [-0.39, 0.29) is 11.7 Å². The predicted octanol–water partition coefficient (Wildman–Crippen LogP) is 4.53. The van der Waals surface area contributed by atoms with E-state index in [2.05, 4.69) is 38.8 Å². The number of aromatic nitrogens is 1. The van der Waals surface area contributed by atoms with Crippen molar-refractivity contribution in [3.8, 4) is 23.3 Å². The van der Waals surface area contributed by atoms with Crippen LogP contribution in [-0.2, 0) is 0 Å². The summed E-state index contributed by atoms with van der Waals surface area (Å²) >= 11 is 1.76. The molecule has 0 amide bonds. The third-order valence-corrected chi connectivity index (χ3v) is 5.95. The zero-order valence-electron chi connectivity index (χ0n) is 15.7. The molecule has 0 spiro atoms. The van der Waals surface area contributed by atoms with Crippen molar-refractivity contribution >= 4 is 17.2 Å². The minimum absolute atomic E-state index is 0.267. The van der Waals surface area contributed by atoms with Crippen LogP contribution in [0.1, 0.15) is 29.5 Å². The van der Waals surface area contributed by atoms with Gasteiger partial charge in [-0.25, -0.2) is 0 Å². The van der Waals surface area contributed by atoms with Crippen molar-refractivity contribution < 1.29 is 9.15 Å². The number of oxazole rings is 1. The summed E-state index contributed by atoms with van der Waals surface area (Å²) in [6, 6.07) is 14.1. The maximum absolute atomic E-state index is 9.48. The lowest BCUT2D eigenvalue weighted by molar-refractivity contribution is 0.258. The third kappa shape index (κ3) is 3.88. The summed E-state index contributed by atoms with van der Waals surface area (Å²) in [5.74, 6) is 1.61. The molecule has 3 heterocycles. The Bertz CT molecular complexity index is 938. The molecular formula is C21H22N4O2S. The normalized spacial score (nSPS) is 15.3. The highest BCUT2D eigenvalue weighted by Gasteiger charge is 2.25. The van der Waals surface area contributed by atoms with Crippen LogP contribution in [0.15, 0.2) is 46.2 Å². The van der Waals surface area contributed by atoms with Gasteiger partial charge in [0.1, 0.15) is 11.8 Å². The molecule has 1 aromatic carbocycles. The van der Waals surface area contributed by atoms with Gasteiger partial charge in [0, 0.05) is 17.0 Å². The highest BCUT2D eigenvalue weighted by Crippen LogP contribution is 2.31. The van der Waals surface area contributed by atoms with Gasteiger partial charge in [0.25, 0.3) is 0 Å². The van der Waals surface area contributed by atoms with E-state index in [9.17, 15) is 5.26 Å². The number of hydrogen-bond acceptors (Lipinski definition) is 7. The zero-order valence-corrected chi connectivity index (χ0v) is 16.5. The van der Waals surface area contributed by atoms with E-state index in [4.69, 9.17) is 9.15 Å². The molecule has 0 saturated carbocycles. The number of nitrogens with one attached hydrogen (secondary N) is 1. The average Bonchev–Trinajstić information content (AvgIpc) is 3.50. The molecule has 4 rings (SSSR count). The minimum Gasteiger partial charge on any atom is -0.497 e. The van der Waals surface area contributed by atoms with Crippen LogP contribution in [0.2, 0.25) is 0 Å². The summed E-state index contributed by atoms with van der Waals surface area (Å²) in [7, 11) is 1.63. The zero-order chi connectivity index (χ0) is 19.3. The van der Waals surface area contributed by atoms with Crippen molar-refractivity contribution in [2.45, 2.75) is 18.9 Å². The molecule has 0 radical (unpaired) electrons. The first-order chi connectivity index (χ1) is 13.8. The smallest absolute Gasteiger partial charge is 0.232 e. The number of nitriles is 1. The van der Waals surface area contributed by atoms with Crippen LogP contribution >= 0.6 is 11.3 Å². The molecule has 1 fully saturated rings. The van der Waals surface area contributed by atoms with Crippen molar-refractivity contribution in [3.05, 3.63) is 52.3 Å². The summed E-state index contributed by atoms with van der Waals surface area (Å²) < 4.78 is 11.1. The van der Waals surface area contributed by atoms with Crippen LogP contribution < -0.4 is 10.1 Å². The molecule has 1 aliphatic rings. The number of hydrogen-bond donors (Lipinski definition) is 1. The third-order valence-electron chi connectivity index (χ3n) is 4.98. The lowest BCUT2D eigenvalue weighted by Gasteiger charge is -2.26. The topological polar surface area (TPSA) is 74.3 Å². The Morgan fingerprint density at radius 3 is 2.71 bits per heavy atom. The number of anilines is 1. The molecule has 7 heteroatoms. The molecule has 144 valence electrons. The van der Waals surface area contributed by atoms with Gasteiger partial charge in [0.05, 0.1) is 13.2 Å². The fourth-order valence-electron chi connectivity index (χ4n) is 3.51. The van der Waals surface area contributed by atoms with Gasteiger partial charge in [-0.1, -0.05) is 6.07 Å².